The van der Waals surface area contributed by atoms with Crippen molar-refractivity contribution in [3.8, 4) is 6.07 Å². The second kappa shape index (κ2) is 17.2. The molecule has 3 aromatic rings. The van der Waals surface area contributed by atoms with Crippen LogP contribution in [0, 0.1) is 30.6 Å². The summed E-state index contributed by atoms with van der Waals surface area (Å²) in [5.41, 5.74) is 2.86. The van der Waals surface area contributed by atoms with Crippen LogP contribution in [0.1, 0.15) is 71.6 Å². The van der Waals surface area contributed by atoms with Crippen molar-refractivity contribution in [1.29, 1.82) is 5.26 Å². The van der Waals surface area contributed by atoms with Crippen molar-refractivity contribution >= 4 is 23.6 Å². The molecule has 2 aromatic carbocycles. The van der Waals surface area contributed by atoms with Crippen molar-refractivity contribution < 1.29 is 28.8 Å². The van der Waals surface area contributed by atoms with Crippen molar-refractivity contribution in [3.05, 3.63) is 88.3 Å². The number of aliphatic hydroxyl groups excluding tert-OH is 1. The van der Waals surface area contributed by atoms with E-state index in [1.165, 1.54) is 17.9 Å². The average Bonchev–Trinajstić information content (AvgIpc) is 3.51. The number of carbonyl (C=O) groups is 4. The zero-order valence-electron chi connectivity index (χ0n) is 28.5. The number of aromatic nitrogens is 1. The van der Waals surface area contributed by atoms with E-state index in [1.54, 1.807) is 27.9 Å². The van der Waals surface area contributed by atoms with Crippen molar-refractivity contribution in [3.63, 3.8) is 0 Å². The van der Waals surface area contributed by atoms with Crippen LogP contribution >= 0.6 is 0 Å². The molecule has 48 heavy (non-hydrogen) atoms. The van der Waals surface area contributed by atoms with Crippen molar-refractivity contribution in [2.45, 2.75) is 84.5 Å². The quantitative estimate of drug-likeness (QED) is 0.181. The normalized spacial score (nSPS) is 14.0. The van der Waals surface area contributed by atoms with E-state index in [0.717, 1.165) is 22.3 Å². The molecule has 4 amide bonds. The molecule has 1 unspecified atom stereocenters. The molecule has 3 rings (SSSR count). The second-order valence-corrected chi connectivity index (χ2v) is 12.6. The minimum atomic E-state index is -1.35. The highest BCUT2D eigenvalue weighted by molar-refractivity contribution is 5.97. The maximum absolute atomic E-state index is 13.4. The molecule has 0 aliphatic heterocycles. The first-order valence-corrected chi connectivity index (χ1v) is 16.0. The fraction of sp³-hybridized carbons (Fsp3) is 0.444. The molecule has 0 saturated heterocycles. The van der Waals surface area contributed by atoms with Gasteiger partial charge in [0.25, 0.3) is 5.91 Å². The van der Waals surface area contributed by atoms with E-state index in [-0.39, 0.29) is 24.6 Å². The third kappa shape index (κ3) is 10.8. The van der Waals surface area contributed by atoms with Gasteiger partial charge in [-0.2, -0.15) is 5.26 Å². The van der Waals surface area contributed by atoms with E-state index in [1.807, 2.05) is 55.5 Å². The Morgan fingerprint density at radius 2 is 1.56 bits per heavy atom. The Labute approximate surface area is 281 Å². The smallest absolute Gasteiger partial charge is 0.274 e. The third-order valence-corrected chi connectivity index (χ3v) is 8.14. The highest BCUT2D eigenvalue weighted by Crippen LogP contribution is 2.26. The number of benzene rings is 2. The standard InChI is InChI=1S/C36H46N6O6/c1-23-9-11-28(12-10-23)21-38-32(44)29(39-34(46)31(25(3)43)40-33(45)30-20-24(2)48-41-30)18-17-27-15-13-26(14-16-27)8-7-19-36(4,22-37)35(47)42(5)6/h9-16,20,25,29,31,43H,7-8,17-19,21H2,1-6H3,(H,38,44)(H,39,46)(H,40,45)/t25-,29+,31+,36?/m1/s1. The number of nitriles is 1. The summed E-state index contributed by atoms with van der Waals surface area (Å²) < 4.78 is 4.94. The van der Waals surface area contributed by atoms with Crippen LogP contribution in [-0.4, -0.2) is 71.1 Å². The number of hydrogen-bond acceptors (Lipinski definition) is 8. The molecule has 0 fully saturated rings. The lowest BCUT2D eigenvalue weighted by molar-refractivity contribution is -0.136. The molecular formula is C36H46N6O6. The largest absolute Gasteiger partial charge is 0.391 e. The predicted octanol–water partition coefficient (Wildman–Crippen LogP) is 3.15. The lowest BCUT2D eigenvalue weighted by atomic mass is 9.84. The monoisotopic (exact) mass is 658 g/mol. The number of aryl methyl sites for hydroxylation is 4. The Balaban J connectivity index is 1.67. The lowest BCUT2D eigenvalue weighted by Crippen LogP contribution is -2.57. The van der Waals surface area contributed by atoms with E-state index in [4.69, 9.17) is 4.52 Å². The van der Waals surface area contributed by atoms with Crippen molar-refractivity contribution in [1.82, 2.24) is 26.0 Å². The van der Waals surface area contributed by atoms with Gasteiger partial charge in [0, 0.05) is 26.7 Å². The van der Waals surface area contributed by atoms with Gasteiger partial charge in [-0.1, -0.05) is 59.3 Å². The topological polar surface area (TPSA) is 178 Å². The predicted molar refractivity (Wildman–Crippen MR) is 179 cm³/mol. The minimum absolute atomic E-state index is 0.0390. The summed E-state index contributed by atoms with van der Waals surface area (Å²) in [7, 11) is 3.29. The number of rotatable bonds is 16. The van der Waals surface area contributed by atoms with E-state index in [0.29, 0.717) is 31.4 Å². The summed E-state index contributed by atoms with van der Waals surface area (Å²) in [6.07, 6.45) is 1.23. The van der Waals surface area contributed by atoms with E-state index in [9.17, 15) is 29.5 Å². The number of hydrogen-bond donors (Lipinski definition) is 4. The van der Waals surface area contributed by atoms with Crippen LogP contribution in [0.15, 0.2) is 59.1 Å². The van der Waals surface area contributed by atoms with Crippen LogP contribution in [0.2, 0.25) is 0 Å². The fourth-order valence-corrected chi connectivity index (χ4v) is 5.18. The number of amides is 4. The molecule has 1 heterocycles. The summed E-state index contributed by atoms with van der Waals surface area (Å²) >= 11 is 0. The molecule has 0 radical (unpaired) electrons. The Morgan fingerprint density at radius 1 is 0.958 bits per heavy atom. The number of nitrogens with zero attached hydrogens (tertiary/aromatic N) is 3. The Morgan fingerprint density at radius 3 is 2.10 bits per heavy atom. The molecule has 0 saturated carbocycles. The summed E-state index contributed by atoms with van der Waals surface area (Å²) in [6, 6.07) is 16.8. The first kappa shape index (κ1) is 37.4. The van der Waals surface area contributed by atoms with E-state index < -0.39 is 41.3 Å². The van der Waals surface area contributed by atoms with E-state index >= 15 is 0 Å². The molecule has 0 aliphatic rings. The fourth-order valence-electron chi connectivity index (χ4n) is 5.18. The van der Waals surface area contributed by atoms with Gasteiger partial charge in [0.15, 0.2) is 5.69 Å². The first-order chi connectivity index (χ1) is 22.7. The molecular weight excluding hydrogens is 612 g/mol. The Kier molecular flexibility index (Phi) is 13.4. The third-order valence-electron chi connectivity index (χ3n) is 8.14. The van der Waals surface area contributed by atoms with Gasteiger partial charge in [-0.15, -0.1) is 0 Å². The van der Waals surface area contributed by atoms with Crippen LogP contribution in [0.5, 0.6) is 0 Å². The summed E-state index contributed by atoms with van der Waals surface area (Å²) in [6.45, 7) is 6.89. The van der Waals surface area contributed by atoms with Crippen molar-refractivity contribution in [2.24, 2.45) is 5.41 Å². The molecule has 12 heteroatoms. The van der Waals surface area contributed by atoms with Gasteiger partial charge < -0.3 is 30.5 Å². The maximum atomic E-state index is 13.4. The summed E-state index contributed by atoms with van der Waals surface area (Å²) in [5.74, 6) is -1.63. The number of carbonyl (C=O) groups excluding carboxylic acids is 4. The molecule has 12 nitrogen and oxygen atoms in total. The molecule has 1 aromatic heterocycles. The Bertz CT molecular complexity index is 1590. The summed E-state index contributed by atoms with van der Waals surface area (Å²) in [4.78, 5) is 53.3. The SMILES string of the molecule is Cc1ccc(CNC(=O)[C@H](CCc2ccc(CCCC(C)(C#N)C(=O)N(C)C)cc2)NC(=O)[C@@H](NC(=O)c2cc(C)on2)[C@@H](C)O)cc1. The molecule has 4 N–H and O–H groups in total. The molecule has 0 spiro atoms. The van der Waals surface area contributed by atoms with Gasteiger partial charge in [0.1, 0.15) is 23.3 Å². The molecule has 0 aliphatic carbocycles. The lowest BCUT2D eigenvalue weighted by Gasteiger charge is -2.24. The number of aliphatic hydroxyl groups is 1. The molecule has 256 valence electrons. The van der Waals surface area contributed by atoms with Crippen LogP contribution in [0.25, 0.3) is 0 Å². The zero-order chi connectivity index (χ0) is 35.4. The zero-order valence-corrected chi connectivity index (χ0v) is 28.5. The molecule has 0 bridgehead atoms. The number of nitrogens with one attached hydrogen (secondary N) is 3. The van der Waals surface area contributed by atoms with Gasteiger partial charge in [-0.05, 0) is 76.5 Å². The van der Waals surface area contributed by atoms with Gasteiger partial charge in [0.2, 0.25) is 17.7 Å². The summed E-state index contributed by atoms with van der Waals surface area (Å²) in [5, 5.41) is 31.7. The van der Waals surface area contributed by atoms with Gasteiger partial charge in [-0.3, -0.25) is 19.2 Å². The highest BCUT2D eigenvalue weighted by atomic mass is 16.5. The van der Waals surface area contributed by atoms with Gasteiger partial charge in [0.05, 0.1) is 12.2 Å². The average molecular weight is 659 g/mol. The molecule has 4 atom stereocenters. The first-order valence-electron chi connectivity index (χ1n) is 16.0. The second-order valence-electron chi connectivity index (χ2n) is 12.6. The highest BCUT2D eigenvalue weighted by Gasteiger charge is 2.34. The van der Waals surface area contributed by atoms with Crippen LogP contribution in [0.3, 0.4) is 0 Å². The van der Waals surface area contributed by atoms with Crippen molar-refractivity contribution in [2.75, 3.05) is 14.1 Å². The maximum Gasteiger partial charge on any atom is 0.274 e. The van der Waals surface area contributed by atoms with Crippen LogP contribution < -0.4 is 16.0 Å². The van der Waals surface area contributed by atoms with Crippen LogP contribution in [0.4, 0.5) is 0 Å². The van der Waals surface area contributed by atoms with Gasteiger partial charge >= 0.3 is 0 Å². The Hall–Kier alpha value is -5.02. The van der Waals surface area contributed by atoms with Crippen LogP contribution in [-0.2, 0) is 33.8 Å². The van der Waals surface area contributed by atoms with E-state index in [2.05, 4.69) is 27.2 Å². The minimum Gasteiger partial charge on any atom is -0.391 e. The van der Waals surface area contributed by atoms with Gasteiger partial charge in [-0.25, -0.2) is 0 Å².